The van der Waals surface area contributed by atoms with Gasteiger partial charge < -0.3 is 15.2 Å². The summed E-state index contributed by atoms with van der Waals surface area (Å²) >= 11 is 1.44. The third kappa shape index (κ3) is 3.87. The third-order valence-corrected chi connectivity index (χ3v) is 6.27. The van der Waals surface area contributed by atoms with Gasteiger partial charge in [0.2, 0.25) is 0 Å². The first-order valence-electron chi connectivity index (χ1n) is 8.70. The van der Waals surface area contributed by atoms with Crippen LogP contribution < -0.4 is 5.32 Å². The van der Waals surface area contributed by atoms with E-state index in [-0.39, 0.29) is 30.7 Å². The Morgan fingerprint density at radius 1 is 1.30 bits per heavy atom. The molecule has 0 spiro atoms. The van der Waals surface area contributed by atoms with E-state index in [1.54, 1.807) is 6.20 Å². The number of amides is 1. The number of H-pyrrole nitrogens is 1. The van der Waals surface area contributed by atoms with Crippen LogP contribution in [0.3, 0.4) is 0 Å². The summed E-state index contributed by atoms with van der Waals surface area (Å²) in [4.78, 5) is 27.1. The maximum Gasteiger partial charge on any atom is 0.286 e. The average Bonchev–Trinajstić information content (AvgIpc) is 3.20. The number of piperidine rings is 3. The van der Waals surface area contributed by atoms with Gasteiger partial charge in [-0.1, -0.05) is 0 Å². The van der Waals surface area contributed by atoms with Gasteiger partial charge in [-0.2, -0.15) is 4.99 Å². The van der Waals surface area contributed by atoms with Gasteiger partial charge in [-0.15, -0.1) is 24.8 Å². The summed E-state index contributed by atoms with van der Waals surface area (Å²) in [6, 6.07) is 4.32. The molecule has 4 aliphatic rings. The van der Waals surface area contributed by atoms with Crippen LogP contribution in [0.2, 0.25) is 0 Å². The summed E-state index contributed by atoms with van der Waals surface area (Å²) < 4.78 is 0. The molecule has 27 heavy (non-hydrogen) atoms. The molecule has 3 fully saturated rings. The van der Waals surface area contributed by atoms with E-state index in [9.17, 15) is 4.79 Å². The van der Waals surface area contributed by atoms with Gasteiger partial charge in [-0.05, 0) is 61.8 Å². The Morgan fingerprint density at radius 2 is 2.11 bits per heavy atom. The third-order valence-electron chi connectivity index (χ3n) is 5.36. The number of hydrogen-bond donors (Lipinski definition) is 2. The lowest BCUT2D eigenvalue weighted by Gasteiger charge is -2.45. The molecule has 1 atom stereocenters. The summed E-state index contributed by atoms with van der Waals surface area (Å²) in [6.07, 6.45) is 8.03. The van der Waals surface area contributed by atoms with E-state index in [0.717, 1.165) is 28.3 Å². The second-order valence-corrected chi connectivity index (χ2v) is 7.90. The number of thioether (sulfide) groups is 1. The number of rotatable bonds is 2. The molecule has 6 nitrogen and oxygen atoms in total. The normalized spacial score (nSPS) is 28.0. The highest BCUT2D eigenvalue weighted by Crippen LogP contribution is 2.32. The van der Waals surface area contributed by atoms with Crippen molar-refractivity contribution in [3.8, 4) is 0 Å². The smallest absolute Gasteiger partial charge is 0.286 e. The minimum absolute atomic E-state index is 0. The van der Waals surface area contributed by atoms with Crippen LogP contribution in [0.25, 0.3) is 17.1 Å². The van der Waals surface area contributed by atoms with Gasteiger partial charge >= 0.3 is 0 Å². The standard InChI is InChI=1S/C18H19N5OS.2ClH/c24-17-15(8-12-9-20-16-13(12)2-1-5-19-16)25-18(22-17)21-14-10-23-6-3-11(14)4-7-23;;/h1-2,5,8-9,11,14H,3-4,6-7,10H2,(H,19,20)(H,21,22,24);2*1H/b15-8-;;/t14-;;/m0../s1. The van der Waals surface area contributed by atoms with Crippen LogP contribution in [0.15, 0.2) is 34.4 Å². The van der Waals surface area contributed by atoms with Gasteiger partial charge in [0.25, 0.3) is 5.91 Å². The van der Waals surface area contributed by atoms with Crippen LogP contribution in [0.4, 0.5) is 0 Å². The van der Waals surface area contributed by atoms with Crippen molar-refractivity contribution in [3.05, 3.63) is 35.0 Å². The Hall–Kier alpha value is -1.54. The number of nitrogens with zero attached hydrogens (tertiary/aromatic N) is 3. The molecule has 2 bridgehead atoms. The molecule has 0 unspecified atom stereocenters. The van der Waals surface area contributed by atoms with Crippen LogP contribution >= 0.6 is 36.6 Å². The zero-order chi connectivity index (χ0) is 16.8. The highest BCUT2D eigenvalue weighted by Gasteiger charge is 2.35. The predicted octanol–water partition coefficient (Wildman–Crippen LogP) is 3.06. The number of hydrogen-bond acceptors (Lipinski definition) is 5. The quantitative estimate of drug-likeness (QED) is 0.723. The van der Waals surface area contributed by atoms with E-state index in [1.165, 1.54) is 37.7 Å². The number of halogens is 2. The summed E-state index contributed by atoms with van der Waals surface area (Å²) in [5.74, 6) is 0.545. The first-order chi connectivity index (χ1) is 12.3. The lowest BCUT2D eigenvalue weighted by molar-refractivity contribution is -0.113. The lowest BCUT2D eigenvalue weighted by Crippen LogP contribution is -2.56. The van der Waals surface area contributed by atoms with Crippen molar-refractivity contribution in [2.45, 2.75) is 18.9 Å². The fourth-order valence-electron chi connectivity index (χ4n) is 4.00. The Labute approximate surface area is 174 Å². The van der Waals surface area contributed by atoms with E-state index in [2.05, 4.69) is 25.2 Å². The van der Waals surface area contributed by atoms with Crippen molar-refractivity contribution in [2.24, 2.45) is 10.9 Å². The molecular formula is C18H21Cl2N5OS. The summed E-state index contributed by atoms with van der Waals surface area (Å²) in [5, 5.41) is 5.28. The molecule has 3 saturated heterocycles. The molecule has 6 rings (SSSR count). The predicted molar refractivity (Wildman–Crippen MR) is 115 cm³/mol. The molecular weight excluding hydrogens is 405 g/mol. The number of pyridine rings is 1. The summed E-state index contributed by atoms with van der Waals surface area (Å²) in [7, 11) is 0. The Bertz CT molecular complexity index is 904. The molecule has 144 valence electrons. The second kappa shape index (κ2) is 8.22. The van der Waals surface area contributed by atoms with Gasteiger partial charge in [0.05, 0.1) is 4.91 Å². The fraction of sp³-hybridized carbons (Fsp3) is 0.389. The van der Waals surface area contributed by atoms with Crippen molar-refractivity contribution >= 4 is 64.8 Å². The second-order valence-electron chi connectivity index (χ2n) is 6.87. The van der Waals surface area contributed by atoms with Crippen molar-refractivity contribution in [3.63, 3.8) is 0 Å². The Balaban J connectivity index is 0.00000105. The number of aliphatic imine (C=N–C) groups is 1. The van der Waals surface area contributed by atoms with Crippen LogP contribution in [-0.2, 0) is 4.79 Å². The number of carbonyl (C=O) groups is 1. The number of amidine groups is 1. The monoisotopic (exact) mass is 425 g/mol. The number of nitrogens with one attached hydrogen (secondary N) is 2. The molecule has 2 aromatic rings. The topological polar surface area (TPSA) is 73.4 Å². The zero-order valence-corrected chi connectivity index (χ0v) is 17.0. The molecule has 2 N–H and O–H groups in total. The molecule has 0 saturated carbocycles. The first-order valence-corrected chi connectivity index (χ1v) is 9.51. The lowest BCUT2D eigenvalue weighted by atomic mass is 9.84. The molecule has 2 aromatic heterocycles. The maximum absolute atomic E-state index is 12.3. The van der Waals surface area contributed by atoms with Crippen molar-refractivity contribution in [1.82, 2.24) is 20.2 Å². The fourth-order valence-corrected chi connectivity index (χ4v) is 4.86. The van der Waals surface area contributed by atoms with E-state index in [4.69, 9.17) is 0 Å². The number of fused-ring (bicyclic) bond motifs is 4. The zero-order valence-electron chi connectivity index (χ0n) is 14.6. The van der Waals surface area contributed by atoms with Crippen molar-refractivity contribution in [2.75, 3.05) is 19.6 Å². The molecule has 1 amide bonds. The molecule has 4 aliphatic heterocycles. The van der Waals surface area contributed by atoms with Gasteiger partial charge in [0.1, 0.15) is 5.65 Å². The van der Waals surface area contributed by atoms with Crippen LogP contribution in [-0.4, -0.2) is 51.6 Å². The van der Waals surface area contributed by atoms with Gasteiger partial charge in [0, 0.05) is 35.9 Å². The van der Waals surface area contributed by atoms with Crippen LogP contribution in [0.1, 0.15) is 18.4 Å². The Morgan fingerprint density at radius 3 is 2.85 bits per heavy atom. The SMILES string of the molecule is Cl.Cl.O=C1N=C(N[C@H]2CN3CCC2CC3)S/C1=C\c1c[nH]c2ncccc12. The first kappa shape index (κ1) is 20.2. The molecule has 9 heteroatoms. The molecule has 0 aliphatic carbocycles. The van der Waals surface area contributed by atoms with Crippen LogP contribution in [0.5, 0.6) is 0 Å². The minimum Gasteiger partial charge on any atom is -0.360 e. The number of carbonyl (C=O) groups excluding carboxylic acids is 1. The molecule has 0 radical (unpaired) electrons. The van der Waals surface area contributed by atoms with Gasteiger partial charge in [-0.25, -0.2) is 4.98 Å². The summed E-state index contributed by atoms with van der Waals surface area (Å²) in [5.41, 5.74) is 1.80. The van der Waals surface area contributed by atoms with Gasteiger partial charge in [-0.3, -0.25) is 4.79 Å². The highest BCUT2D eigenvalue weighted by atomic mass is 35.5. The maximum atomic E-state index is 12.3. The number of aromatic nitrogens is 2. The largest absolute Gasteiger partial charge is 0.360 e. The van der Waals surface area contributed by atoms with E-state index in [1.807, 2.05) is 24.4 Å². The van der Waals surface area contributed by atoms with Crippen molar-refractivity contribution < 1.29 is 4.79 Å². The summed E-state index contributed by atoms with van der Waals surface area (Å²) in [6.45, 7) is 3.48. The molecule has 0 aromatic carbocycles. The van der Waals surface area contributed by atoms with E-state index >= 15 is 0 Å². The van der Waals surface area contributed by atoms with E-state index < -0.39 is 0 Å². The molecule has 6 heterocycles. The Kier molecular flexibility index (Phi) is 6.15. The van der Waals surface area contributed by atoms with Crippen LogP contribution in [0, 0.1) is 5.92 Å². The van der Waals surface area contributed by atoms with Crippen molar-refractivity contribution in [1.29, 1.82) is 0 Å². The van der Waals surface area contributed by atoms with Gasteiger partial charge in [0.15, 0.2) is 5.17 Å². The highest BCUT2D eigenvalue weighted by molar-refractivity contribution is 8.18. The van der Waals surface area contributed by atoms with E-state index in [0.29, 0.717) is 16.9 Å². The minimum atomic E-state index is -0.160. The number of aromatic amines is 1. The average molecular weight is 426 g/mol.